The van der Waals surface area contributed by atoms with Crippen molar-refractivity contribution in [2.75, 3.05) is 5.73 Å². The van der Waals surface area contributed by atoms with Gasteiger partial charge >= 0.3 is 0 Å². The SMILES string of the molecule is CC(c1nc(N)nc2[nH]cnc12)c1nc2ccc(F)cc2n1-c1ccccc1.N. The van der Waals surface area contributed by atoms with Gasteiger partial charge in [0.15, 0.2) is 5.65 Å². The van der Waals surface area contributed by atoms with Crippen molar-refractivity contribution in [3.05, 3.63) is 72.2 Å². The van der Waals surface area contributed by atoms with Crippen LogP contribution in [0.25, 0.3) is 27.9 Å². The molecule has 2 aromatic carbocycles. The fourth-order valence-corrected chi connectivity index (χ4v) is 3.51. The summed E-state index contributed by atoms with van der Waals surface area (Å²) in [5, 5.41) is 0. The van der Waals surface area contributed by atoms with Crippen LogP contribution in [-0.2, 0) is 0 Å². The van der Waals surface area contributed by atoms with Crippen molar-refractivity contribution in [2.45, 2.75) is 12.8 Å². The van der Waals surface area contributed by atoms with E-state index in [4.69, 9.17) is 10.7 Å². The number of hydrogen-bond acceptors (Lipinski definition) is 6. The number of nitrogens with zero attached hydrogens (tertiary/aromatic N) is 5. The Morgan fingerprint density at radius 3 is 2.66 bits per heavy atom. The van der Waals surface area contributed by atoms with Gasteiger partial charge in [-0.25, -0.2) is 19.3 Å². The van der Waals surface area contributed by atoms with Crippen LogP contribution in [0.5, 0.6) is 0 Å². The molecule has 0 spiro atoms. The molecule has 0 aliphatic carbocycles. The van der Waals surface area contributed by atoms with E-state index in [1.165, 1.54) is 12.1 Å². The van der Waals surface area contributed by atoms with Crippen LogP contribution in [0.4, 0.5) is 10.3 Å². The Balaban J connectivity index is 0.00000205. The molecule has 5 rings (SSSR count). The molecule has 1 unspecified atom stereocenters. The summed E-state index contributed by atoms with van der Waals surface area (Å²) in [7, 11) is 0. The summed E-state index contributed by atoms with van der Waals surface area (Å²) in [6, 6.07) is 14.3. The summed E-state index contributed by atoms with van der Waals surface area (Å²) in [5.74, 6) is 0.303. The number of benzene rings is 2. The fraction of sp³-hybridized carbons (Fsp3) is 0.100. The standard InChI is InChI=1S/C20H16FN7.H3N/c1-11(16-17-18(24-10-23-17)27-20(22)26-16)19-25-14-8-7-12(21)9-15(14)28(19)13-5-3-2-4-6-13;/h2-11H,1H3,(H3,22,23,24,26,27);1H3. The minimum atomic E-state index is -0.315. The number of nitrogens with one attached hydrogen (secondary N) is 1. The largest absolute Gasteiger partial charge is 0.368 e. The maximum atomic E-state index is 14.0. The molecule has 1 atom stereocenters. The van der Waals surface area contributed by atoms with Gasteiger partial charge in [-0.2, -0.15) is 4.98 Å². The van der Waals surface area contributed by atoms with Crippen LogP contribution >= 0.6 is 0 Å². The molecule has 0 aliphatic rings. The van der Waals surface area contributed by atoms with E-state index in [1.54, 1.807) is 12.4 Å². The van der Waals surface area contributed by atoms with Gasteiger partial charge in [-0.15, -0.1) is 0 Å². The monoisotopic (exact) mass is 390 g/mol. The lowest BCUT2D eigenvalue weighted by molar-refractivity contribution is 0.629. The van der Waals surface area contributed by atoms with Crippen LogP contribution in [0.15, 0.2) is 54.9 Å². The molecule has 0 radical (unpaired) electrons. The first kappa shape index (κ1) is 18.5. The molecule has 3 aromatic heterocycles. The first-order chi connectivity index (χ1) is 13.6. The van der Waals surface area contributed by atoms with Crippen molar-refractivity contribution < 1.29 is 4.39 Å². The lowest BCUT2D eigenvalue weighted by Crippen LogP contribution is -2.10. The second kappa shape index (κ2) is 6.95. The molecular formula is C20H19FN8. The van der Waals surface area contributed by atoms with E-state index in [1.807, 2.05) is 41.8 Å². The van der Waals surface area contributed by atoms with Gasteiger partial charge in [0.25, 0.3) is 0 Å². The van der Waals surface area contributed by atoms with Crippen molar-refractivity contribution in [2.24, 2.45) is 0 Å². The number of hydrogen-bond donors (Lipinski definition) is 3. The molecule has 0 bridgehead atoms. The highest BCUT2D eigenvalue weighted by Gasteiger charge is 2.24. The fourth-order valence-electron chi connectivity index (χ4n) is 3.51. The Labute approximate surface area is 165 Å². The Hall–Kier alpha value is -3.85. The predicted octanol–water partition coefficient (Wildman–Crippen LogP) is 3.73. The number of halogens is 1. The molecule has 0 aliphatic heterocycles. The molecule has 8 nitrogen and oxygen atoms in total. The molecule has 9 heteroatoms. The molecule has 0 amide bonds. The Morgan fingerprint density at radius 1 is 1.07 bits per heavy atom. The Kier molecular flexibility index (Phi) is 4.44. The van der Waals surface area contributed by atoms with Crippen LogP contribution in [0.3, 0.4) is 0 Å². The zero-order chi connectivity index (χ0) is 19.3. The molecule has 0 saturated heterocycles. The van der Waals surface area contributed by atoms with Crippen LogP contribution in [0.1, 0.15) is 24.4 Å². The van der Waals surface area contributed by atoms with Gasteiger partial charge in [0.05, 0.1) is 29.0 Å². The summed E-state index contributed by atoms with van der Waals surface area (Å²) < 4.78 is 15.9. The first-order valence-electron chi connectivity index (χ1n) is 8.81. The quantitative estimate of drug-likeness (QED) is 0.430. The van der Waals surface area contributed by atoms with Gasteiger partial charge in [0, 0.05) is 11.8 Å². The second-order valence-corrected chi connectivity index (χ2v) is 6.56. The highest BCUT2D eigenvalue weighted by Crippen LogP contribution is 2.32. The number of fused-ring (bicyclic) bond motifs is 2. The number of nitrogens with two attached hydrogens (primary N) is 1. The van der Waals surface area contributed by atoms with Crippen molar-refractivity contribution >= 4 is 28.1 Å². The van der Waals surface area contributed by atoms with Crippen molar-refractivity contribution in [3.8, 4) is 5.69 Å². The van der Waals surface area contributed by atoms with Crippen molar-refractivity contribution in [3.63, 3.8) is 0 Å². The number of H-pyrrole nitrogens is 1. The number of anilines is 1. The molecule has 6 N–H and O–H groups in total. The molecule has 3 heterocycles. The van der Waals surface area contributed by atoms with Crippen molar-refractivity contribution in [1.82, 2.24) is 35.6 Å². The van der Waals surface area contributed by atoms with E-state index in [0.29, 0.717) is 33.7 Å². The molecule has 146 valence electrons. The van der Waals surface area contributed by atoms with Crippen LogP contribution < -0.4 is 11.9 Å². The number of para-hydroxylation sites is 1. The van der Waals surface area contributed by atoms with E-state index in [9.17, 15) is 4.39 Å². The lowest BCUT2D eigenvalue weighted by Gasteiger charge is -2.15. The number of imidazole rings is 2. The predicted molar refractivity (Wildman–Crippen MR) is 110 cm³/mol. The molecule has 0 fully saturated rings. The third-order valence-corrected chi connectivity index (χ3v) is 4.78. The lowest BCUT2D eigenvalue weighted by atomic mass is 10.1. The summed E-state index contributed by atoms with van der Waals surface area (Å²) >= 11 is 0. The van der Waals surface area contributed by atoms with Gasteiger partial charge in [-0.1, -0.05) is 18.2 Å². The maximum absolute atomic E-state index is 14.0. The summed E-state index contributed by atoms with van der Waals surface area (Å²) in [6.45, 7) is 1.98. The Morgan fingerprint density at radius 2 is 1.86 bits per heavy atom. The summed E-state index contributed by atoms with van der Waals surface area (Å²) in [6.07, 6.45) is 1.56. The number of rotatable bonds is 3. The molecule has 29 heavy (non-hydrogen) atoms. The van der Waals surface area contributed by atoms with E-state index in [2.05, 4.69) is 19.9 Å². The molecule has 5 aromatic rings. The maximum Gasteiger partial charge on any atom is 0.222 e. The zero-order valence-corrected chi connectivity index (χ0v) is 15.7. The number of aromatic nitrogens is 6. The molecule has 0 saturated carbocycles. The third kappa shape index (κ3) is 2.97. The van der Waals surface area contributed by atoms with Gasteiger partial charge in [-0.05, 0) is 31.2 Å². The van der Waals surface area contributed by atoms with Crippen LogP contribution in [0, 0.1) is 5.82 Å². The van der Waals surface area contributed by atoms with E-state index < -0.39 is 0 Å². The topological polar surface area (TPSA) is 133 Å². The minimum Gasteiger partial charge on any atom is -0.368 e. The second-order valence-electron chi connectivity index (χ2n) is 6.56. The third-order valence-electron chi connectivity index (χ3n) is 4.78. The average molecular weight is 390 g/mol. The van der Waals surface area contributed by atoms with Gasteiger partial charge in [-0.3, -0.25) is 4.57 Å². The highest BCUT2D eigenvalue weighted by molar-refractivity contribution is 5.80. The number of aromatic amines is 1. The van der Waals surface area contributed by atoms with Crippen molar-refractivity contribution in [1.29, 1.82) is 0 Å². The van der Waals surface area contributed by atoms with E-state index >= 15 is 0 Å². The van der Waals surface area contributed by atoms with E-state index in [0.717, 1.165) is 5.69 Å². The minimum absolute atomic E-state index is 0. The zero-order valence-electron chi connectivity index (χ0n) is 15.7. The summed E-state index contributed by atoms with van der Waals surface area (Å²) in [5.41, 5.74) is 10.0. The van der Waals surface area contributed by atoms with Gasteiger partial charge in [0.2, 0.25) is 5.95 Å². The average Bonchev–Trinajstić information content (AvgIpc) is 3.31. The van der Waals surface area contributed by atoms with E-state index in [-0.39, 0.29) is 23.8 Å². The molecular weight excluding hydrogens is 371 g/mol. The first-order valence-corrected chi connectivity index (χ1v) is 8.81. The summed E-state index contributed by atoms with van der Waals surface area (Å²) in [4.78, 5) is 20.7. The van der Waals surface area contributed by atoms with Gasteiger partial charge < -0.3 is 16.9 Å². The normalized spacial score (nSPS) is 12.2. The van der Waals surface area contributed by atoms with Gasteiger partial charge in [0.1, 0.15) is 17.2 Å². The van der Waals surface area contributed by atoms with Crippen LogP contribution in [-0.4, -0.2) is 29.5 Å². The Bertz CT molecular complexity index is 1310. The number of nitrogen functional groups attached to an aromatic ring is 1. The smallest absolute Gasteiger partial charge is 0.222 e. The highest BCUT2D eigenvalue weighted by atomic mass is 19.1. The van der Waals surface area contributed by atoms with Crippen LogP contribution in [0.2, 0.25) is 0 Å².